The van der Waals surface area contributed by atoms with Crippen molar-refractivity contribution >= 4 is 11.6 Å². The summed E-state index contributed by atoms with van der Waals surface area (Å²) in [7, 11) is 0. The number of carbonyl (C=O) groups excluding carboxylic acids is 1. The molecule has 0 fully saturated rings. The monoisotopic (exact) mass is 469 g/mol. The van der Waals surface area contributed by atoms with Crippen LogP contribution < -0.4 is 10.9 Å². The molecule has 1 aromatic heterocycles. The summed E-state index contributed by atoms with van der Waals surface area (Å²) in [4.78, 5) is 24.9. The van der Waals surface area contributed by atoms with E-state index in [2.05, 4.69) is 5.10 Å². The number of anilines is 1. The van der Waals surface area contributed by atoms with Crippen molar-refractivity contribution in [3.05, 3.63) is 81.6 Å². The molecular weight excluding hydrogens is 452 g/mol. The lowest BCUT2D eigenvalue weighted by Gasteiger charge is -2.17. The molecule has 1 unspecified atom stereocenters. The van der Waals surface area contributed by atoms with Crippen LogP contribution in [0, 0.1) is 6.92 Å². The first-order valence-electron chi connectivity index (χ1n) is 9.53. The second-order valence-corrected chi connectivity index (χ2v) is 7.33. The number of halogens is 6. The summed E-state index contributed by atoms with van der Waals surface area (Å²) >= 11 is 0. The number of aryl methyl sites for hydroxylation is 1. The van der Waals surface area contributed by atoms with Crippen molar-refractivity contribution in [3.8, 4) is 11.3 Å². The van der Waals surface area contributed by atoms with Crippen LogP contribution in [-0.4, -0.2) is 15.7 Å². The minimum atomic E-state index is -5.06. The van der Waals surface area contributed by atoms with E-state index in [0.717, 1.165) is 16.3 Å². The highest BCUT2D eigenvalue weighted by Crippen LogP contribution is 2.37. The third-order valence-electron chi connectivity index (χ3n) is 4.77. The first-order valence-corrected chi connectivity index (χ1v) is 9.53. The van der Waals surface area contributed by atoms with Crippen molar-refractivity contribution in [2.24, 2.45) is 0 Å². The van der Waals surface area contributed by atoms with Gasteiger partial charge in [0.2, 0.25) is 5.91 Å². The average molecular weight is 469 g/mol. The fourth-order valence-corrected chi connectivity index (χ4v) is 2.97. The number of nitrogens with zero attached hydrogens (tertiary/aromatic N) is 2. The Kier molecular flexibility index (Phi) is 6.35. The second kappa shape index (κ2) is 8.72. The Morgan fingerprint density at radius 2 is 1.45 bits per heavy atom. The average Bonchev–Trinajstić information content (AvgIpc) is 2.73. The summed E-state index contributed by atoms with van der Waals surface area (Å²) in [5.41, 5.74) is -2.54. The number of nitrogens with one attached hydrogen (secondary N) is 1. The lowest BCUT2D eigenvalue weighted by molar-refractivity contribution is -0.143. The molecule has 1 atom stereocenters. The standard InChI is InChI=1S/C22H17F6N3O2/c1-12-3-5-14(6-4-12)18-7-8-19(32)31(30-18)13(2)20(33)29-17-10-15(21(23,24)25)9-16(11-17)22(26,27)28/h3-11,13H,1-2H3,(H,29,33). The summed E-state index contributed by atoms with van der Waals surface area (Å²) in [5.74, 6) is -1.02. The third-order valence-corrected chi connectivity index (χ3v) is 4.77. The van der Waals surface area contributed by atoms with Gasteiger partial charge < -0.3 is 5.32 Å². The van der Waals surface area contributed by atoms with Gasteiger partial charge in [-0.3, -0.25) is 9.59 Å². The fourth-order valence-electron chi connectivity index (χ4n) is 2.97. The minimum absolute atomic E-state index is 0.0455. The van der Waals surface area contributed by atoms with Crippen LogP contribution >= 0.6 is 0 Å². The van der Waals surface area contributed by atoms with Crippen molar-refractivity contribution in [3.63, 3.8) is 0 Å². The summed E-state index contributed by atoms with van der Waals surface area (Å²) < 4.78 is 79.1. The molecule has 1 amide bonds. The van der Waals surface area contributed by atoms with Crippen LogP contribution in [0.15, 0.2) is 59.4 Å². The number of hydrogen-bond acceptors (Lipinski definition) is 3. The van der Waals surface area contributed by atoms with E-state index in [0.29, 0.717) is 23.4 Å². The predicted molar refractivity (Wildman–Crippen MR) is 108 cm³/mol. The zero-order valence-electron chi connectivity index (χ0n) is 17.3. The van der Waals surface area contributed by atoms with Crippen molar-refractivity contribution in [1.82, 2.24) is 9.78 Å². The highest BCUT2D eigenvalue weighted by molar-refractivity contribution is 5.93. The Bertz CT molecular complexity index is 1200. The van der Waals surface area contributed by atoms with E-state index in [1.807, 2.05) is 24.4 Å². The van der Waals surface area contributed by atoms with Crippen LogP contribution in [0.3, 0.4) is 0 Å². The van der Waals surface area contributed by atoms with Gasteiger partial charge in [-0.1, -0.05) is 29.8 Å². The van der Waals surface area contributed by atoms with E-state index in [9.17, 15) is 35.9 Å². The van der Waals surface area contributed by atoms with Gasteiger partial charge in [0, 0.05) is 17.3 Å². The Hall–Kier alpha value is -3.63. The van der Waals surface area contributed by atoms with Gasteiger partial charge in [0.05, 0.1) is 16.8 Å². The smallest absolute Gasteiger partial charge is 0.324 e. The highest BCUT2D eigenvalue weighted by atomic mass is 19.4. The van der Waals surface area contributed by atoms with E-state index in [1.54, 1.807) is 12.1 Å². The second-order valence-electron chi connectivity index (χ2n) is 7.33. The van der Waals surface area contributed by atoms with Gasteiger partial charge in [-0.05, 0) is 38.1 Å². The molecule has 0 spiro atoms. The Labute approximate surface area is 183 Å². The van der Waals surface area contributed by atoms with Crippen LogP contribution in [0.2, 0.25) is 0 Å². The molecule has 5 nitrogen and oxygen atoms in total. The SMILES string of the molecule is Cc1ccc(-c2ccc(=O)n(C(C)C(=O)Nc3cc(C(F)(F)F)cc(C(F)(F)F)c3)n2)cc1. The van der Waals surface area contributed by atoms with E-state index < -0.39 is 46.7 Å². The maximum Gasteiger partial charge on any atom is 0.416 e. The highest BCUT2D eigenvalue weighted by Gasteiger charge is 2.37. The maximum absolute atomic E-state index is 13.0. The van der Waals surface area contributed by atoms with Gasteiger partial charge in [-0.2, -0.15) is 31.4 Å². The fraction of sp³-hybridized carbons (Fsp3) is 0.227. The third kappa shape index (κ3) is 5.60. The van der Waals surface area contributed by atoms with E-state index >= 15 is 0 Å². The van der Waals surface area contributed by atoms with Crippen molar-refractivity contribution in [2.75, 3.05) is 5.32 Å². The summed E-state index contributed by atoms with van der Waals surface area (Å²) in [5, 5.41) is 6.15. The molecule has 0 saturated heterocycles. The first kappa shape index (κ1) is 24.0. The Morgan fingerprint density at radius 1 is 0.909 bits per heavy atom. The van der Waals surface area contributed by atoms with Gasteiger partial charge in [-0.15, -0.1) is 0 Å². The van der Waals surface area contributed by atoms with E-state index in [4.69, 9.17) is 0 Å². The Morgan fingerprint density at radius 3 is 1.97 bits per heavy atom. The predicted octanol–water partition coefficient (Wildman–Crippen LogP) is 5.46. The molecule has 3 aromatic rings. The number of rotatable bonds is 4. The largest absolute Gasteiger partial charge is 0.416 e. The summed E-state index contributed by atoms with van der Waals surface area (Å²) in [6.45, 7) is 3.13. The number of carbonyl (C=O) groups is 1. The van der Waals surface area contributed by atoms with Gasteiger partial charge in [0.25, 0.3) is 5.56 Å². The zero-order chi connectivity index (χ0) is 24.6. The van der Waals surface area contributed by atoms with Crippen LogP contribution in [0.5, 0.6) is 0 Å². The molecule has 11 heteroatoms. The van der Waals surface area contributed by atoms with E-state index in [1.165, 1.54) is 13.0 Å². The lowest BCUT2D eigenvalue weighted by atomic mass is 10.1. The number of alkyl halides is 6. The topological polar surface area (TPSA) is 64.0 Å². The van der Waals surface area contributed by atoms with Crippen LogP contribution in [0.1, 0.15) is 29.7 Å². The Balaban J connectivity index is 1.93. The molecule has 0 radical (unpaired) electrons. The van der Waals surface area contributed by atoms with Crippen LogP contribution in [0.4, 0.5) is 32.0 Å². The molecule has 33 heavy (non-hydrogen) atoms. The van der Waals surface area contributed by atoms with E-state index in [-0.39, 0.29) is 6.07 Å². The molecule has 0 bridgehead atoms. The molecule has 3 rings (SSSR count). The van der Waals surface area contributed by atoms with Crippen LogP contribution in [-0.2, 0) is 17.1 Å². The minimum Gasteiger partial charge on any atom is -0.324 e. The molecule has 0 saturated carbocycles. The number of aromatic nitrogens is 2. The van der Waals surface area contributed by atoms with Gasteiger partial charge >= 0.3 is 12.4 Å². The molecule has 0 aliphatic carbocycles. The zero-order valence-corrected chi connectivity index (χ0v) is 17.3. The molecule has 1 heterocycles. The van der Waals surface area contributed by atoms with Crippen molar-refractivity contribution < 1.29 is 31.1 Å². The van der Waals surface area contributed by atoms with Crippen molar-refractivity contribution in [1.29, 1.82) is 0 Å². The molecule has 0 aliphatic rings. The van der Waals surface area contributed by atoms with Gasteiger partial charge in [0.1, 0.15) is 6.04 Å². The quantitative estimate of drug-likeness (QED) is 0.517. The van der Waals surface area contributed by atoms with Gasteiger partial charge in [-0.25, -0.2) is 4.68 Å². The normalized spacial score (nSPS) is 13.0. The summed E-state index contributed by atoms with van der Waals surface area (Å²) in [6, 6.07) is 9.13. The first-order chi connectivity index (χ1) is 15.3. The molecule has 0 aliphatic heterocycles. The number of hydrogen-bond donors (Lipinski definition) is 1. The van der Waals surface area contributed by atoms with Crippen molar-refractivity contribution in [2.45, 2.75) is 32.2 Å². The number of benzene rings is 2. The summed E-state index contributed by atoms with van der Waals surface area (Å²) in [6.07, 6.45) is -10.1. The molecule has 1 N–H and O–H groups in total. The van der Waals surface area contributed by atoms with Crippen LogP contribution in [0.25, 0.3) is 11.3 Å². The molecule has 2 aromatic carbocycles. The maximum atomic E-state index is 13.0. The van der Waals surface area contributed by atoms with Gasteiger partial charge in [0.15, 0.2) is 0 Å². The number of amides is 1. The molecular formula is C22H17F6N3O2. The molecule has 174 valence electrons. The lowest BCUT2D eigenvalue weighted by Crippen LogP contribution is -2.33.